The number of likely N-dealkylation sites (tertiary alicyclic amines) is 1. The van der Waals surface area contributed by atoms with Crippen LogP contribution in [0.15, 0.2) is 30.3 Å². The predicted octanol–water partition coefficient (Wildman–Crippen LogP) is 4.43. The van der Waals surface area contributed by atoms with E-state index in [1.54, 1.807) is 0 Å². The highest BCUT2D eigenvalue weighted by Gasteiger charge is 2.17. The van der Waals surface area contributed by atoms with E-state index in [4.69, 9.17) is 0 Å². The van der Waals surface area contributed by atoms with Gasteiger partial charge in [-0.1, -0.05) is 24.6 Å². The van der Waals surface area contributed by atoms with E-state index in [9.17, 15) is 0 Å². The lowest BCUT2D eigenvalue weighted by molar-refractivity contribution is 0.168. The van der Waals surface area contributed by atoms with Crippen molar-refractivity contribution < 1.29 is 0 Å². The lowest BCUT2D eigenvalue weighted by Gasteiger charge is -2.33. The highest BCUT2D eigenvalue weighted by Crippen LogP contribution is 2.29. The number of hydrogen-bond acceptors (Lipinski definition) is 3. The van der Waals surface area contributed by atoms with Gasteiger partial charge in [-0.2, -0.15) is 0 Å². The Morgan fingerprint density at radius 2 is 1.90 bits per heavy atom. The number of piperidine rings is 1. The third-order valence-electron chi connectivity index (χ3n) is 4.60. The Labute approximate surface area is 132 Å². The van der Waals surface area contributed by atoms with Gasteiger partial charge >= 0.3 is 0 Å². The van der Waals surface area contributed by atoms with Crippen LogP contribution in [0.2, 0.25) is 0 Å². The molecule has 1 aromatic heterocycles. The van der Waals surface area contributed by atoms with Crippen LogP contribution in [0.5, 0.6) is 0 Å². The van der Waals surface area contributed by atoms with E-state index in [-0.39, 0.29) is 0 Å². The molecule has 1 fully saturated rings. The SMILES string of the molecule is CC(NCC(C)N1CCCCC1)c1cc2ccccc2s1. The minimum atomic E-state index is 0.439. The minimum Gasteiger partial charge on any atom is -0.308 e. The van der Waals surface area contributed by atoms with Crippen molar-refractivity contribution in [1.29, 1.82) is 0 Å². The zero-order valence-electron chi connectivity index (χ0n) is 13.1. The molecule has 3 rings (SSSR count). The summed E-state index contributed by atoms with van der Waals surface area (Å²) in [5.41, 5.74) is 0. The van der Waals surface area contributed by atoms with Gasteiger partial charge in [0.1, 0.15) is 0 Å². The third kappa shape index (κ3) is 3.65. The van der Waals surface area contributed by atoms with E-state index in [0.717, 1.165) is 6.54 Å². The molecule has 2 unspecified atom stereocenters. The Hall–Kier alpha value is -0.900. The first-order chi connectivity index (χ1) is 10.2. The molecule has 0 spiro atoms. The Balaban J connectivity index is 1.56. The largest absolute Gasteiger partial charge is 0.308 e. The molecule has 0 aliphatic carbocycles. The minimum absolute atomic E-state index is 0.439. The van der Waals surface area contributed by atoms with Gasteiger partial charge in [0.25, 0.3) is 0 Å². The summed E-state index contributed by atoms with van der Waals surface area (Å²) >= 11 is 1.92. The van der Waals surface area contributed by atoms with Crippen LogP contribution in [0.25, 0.3) is 10.1 Å². The summed E-state index contributed by atoms with van der Waals surface area (Å²) < 4.78 is 1.39. The average Bonchev–Trinajstić information content (AvgIpc) is 2.97. The molecule has 1 aliphatic heterocycles. The number of rotatable bonds is 5. The molecule has 1 N–H and O–H groups in total. The Morgan fingerprint density at radius 3 is 2.67 bits per heavy atom. The molecule has 1 saturated heterocycles. The van der Waals surface area contributed by atoms with Crippen molar-refractivity contribution in [1.82, 2.24) is 10.2 Å². The van der Waals surface area contributed by atoms with Crippen LogP contribution in [0.3, 0.4) is 0 Å². The molecule has 2 atom stereocenters. The van der Waals surface area contributed by atoms with Gasteiger partial charge in [0, 0.05) is 28.2 Å². The van der Waals surface area contributed by atoms with Crippen LogP contribution in [-0.4, -0.2) is 30.6 Å². The number of benzene rings is 1. The Morgan fingerprint density at radius 1 is 1.14 bits per heavy atom. The number of nitrogens with one attached hydrogen (secondary N) is 1. The van der Waals surface area contributed by atoms with E-state index in [0.29, 0.717) is 12.1 Å². The highest BCUT2D eigenvalue weighted by molar-refractivity contribution is 7.19. The van der Waals surface area contributed by atoms with Crippen molar-refractivity contribution in [3.63, 3.8) is 0 Å². The molecule has 2 nitrogen and oxygen atoms in total. The normalized spacial score (nSPS) is 19.7. The van der Waals surface area contributed by atoms with E-state index < -0.39 is 0 Å². The van der Waals surface area contributed by atoms with Crippen LogP contribution in [-0.2, 0) is 0 Å². The van der Waals surface area contributed by atoms with Gasteiger partial charge in [-0.25, -0.2) is 0 Å². The lowest BCUT2D eigenvalue weighted by Crippen LogP contribution is -2.43. The van der Waals surface area contributed by atoms with Crippen molar-refractivity contribution >= 4 is 21.4 Å². The second-order valence-corrected chi connectivity index (χ2v) is 7.38. The maximum absolute atomic E-state index is 3.73. The molecule has 3 heteroatoms. The van der Waals surface area contributed by atoms with Crippen molar-refractivity contribution in [2.24, 2.45) is 0 Å². The van der Waals surface area contributed by atoms with Gasteiger partial charge < -0.3 is 5.32 Å². The quantitative estimate of drug-likeness (QED) is 0.879. The van der Waals surface area contributed by atoms with Crippen LogP contribution < -0.4 is 5.32 Å². The molecule has 1 aliphatic rings. The molecular formula is C18H26N2S. The van der Waals surface area contributed by atoms with Gasteiger partial charge in [0.05, 0.1) is 0 Å². The maximum atomic E-state index is 3.73. The zero-order chi connectivity index (χ0) is 14.7. The van der Waals surface area contributed by atoms with Crippen LogP contribution in [0.4, 0.5) is 0 Å². The van der Waals surface area contributed by atoms with Gasteiger partial charge in [-0.3, -0.25) is 4.90 Å². The van der Waals surface area contributed by atoms with Gasteiger partial charge in [0.15, 0.2) is 0 Å². The standard InChI is InChI=1S/C18H26N2S/c1-14(20-10-6-3-7-11-20)13-19-15(2)18-12-16-8-4-5-9-17(16)21-18/h4-5,8-9,12,14-15,19H,3,6-7,10-11,13H2,1-2H3. The molecule has 0 radical (unpaired) electrons. The first-order valence-electron chi connectivity index (χ1n) is 8.20. The summed E-state index contributed by atoms with van der Waals surface area (Å²) in [6.07, 6.45) is 4.15. The summed E-state index contributed by atoms with van der Waals surface area (Å²) in [4.78, 5) is 4.08. The third-order valence-corrected chi connectivity index (χ3v) is 5.90. The molecule has 21 heavy (non-hydrogen) atoms. The van der Waals surface area contributed by atoms with Crippen molar-refractivity contribution in [2.45, 2.75) is 45.2 Å². The summed E-state index contributed by atoms with van der Waals surface area (Å²) in [5, 5.41) is 5.10. The fraction of sp³-hybridized carbons (Fsp3) is 0.556. The number of thiophene rings is 1. The lowest BCUT2D eigenvalue weighted by atomic mass is 10.1. The second-order valence-electron chi connectivity index (χ2n) is 6.26. The monoisotopic (exact) mass is 302 g/mol. The Bertz CT molecular complexity index is 538. The van der Waals surface area contributed by atoms with E-state index in [1.165, 1.54) is 47.3 Å². The van der Waals surface area contributed by atoms with Crippen molar-refractivity contribution in [2.75, 3.05) is 19.6 Å². The summed E-state index contributed by atoms with van der Waals surface area (Å²) in [5.74, 6) is 0. The van der Waals surface area contributed by atoms with E-state index in [1.807, 2.05) is 11.3 Å². The first-order valence-corrected chi connectivity index (χ1v) is 9.01. The van der Waals surface area contributed by atoms with E-state index >= 15 is 0 Å². The predicted molar refractivity (Wildman–Crippen MR) is 93.1 cm³/mol. The molecule has 0 amide bonds. The average molecular weight is 302 g/mol. The smallest absolute Gasteiger partial charge is 0.0387 e. The second kappa shape index (κ2) is 6.91. The molecule has 0 bridgehead atoms. The highest BCUT2D eigenvalue weighted by atomic mass is 32.1. The van der Waals surface area contributed by atoms with Gasteiger partial charge in [-0.05, 0) is 57.3 Å². The van der Waals surface area contributed by atoms with Crippen LogP contribution in [0.1, 0.15) is 44.0 Å². The fourth-order valence-electron chi connectivity index (χ4n) is 3.15. The molecule has 1 aromatic carbocycles. The molecule has 2 heterocycles. The van der Waals surface area contributed by atoms with Gasteiger partial charge in [-0.15, -0.1) is 11.3 Å². The number of fused-ring (bicyclic) bond motifs is 1. The molecule has 114 valence electrons. The fourth-order valence-corrected chi connectivity index (χ4v) is 4.24. The Kier molecular flexibility index (Phi) is 4.94. The van der Waals surface area contributed by atoms with Crippen LogP contribution >= 0.6 is 11.3 Å². The summed E-state index contributed by atoms with van der Waals surface area (Å²) in [7, 11) is 0. The number of hydrogen-bond donors (Lipinski definition) is 1. The zero-order valence-corrected chi connectivity index (χ0v) is 14.0. The van der Waals surface area contributed by atoms with Crippen LogP contribution in [0, 0.1) is 0 Å². The van der Waals surface area contributed by atoms with Crippen molar-refractivity contribution in [3.05, 3.63) is 35.2 Å². The summed E-state index contributed by atoms with van der Waals surface area (Å²) in [6.45, 7) is 8.28. The topological polar surface area (TPSA) is 15.3 Å². The molecule has 0 saturated carbocycles. The molecular weight excluding hydrogens is 276 g/mol. The maximum Gasteiger partial charge on any atom is 0.0387 e. The molecule has 2 aromatic rings. The van der Waals surface area contributed by atoms with E-state index in [2.05, 4.69) is 54.4 Å². The van der Waals surface area contributed by atoms with Crippen molar-refractivity contribution in [3.8, 4) is 0 Å². The first kappa shape index (κ1) is 15.0. The summed E-state index contributed by atoms with van der Waals surface area (Å²) in [6, 6.07) is 12.1. The number of nitrogens with zero attached hydrogens (tertiary/aromatic N) is 1. The van der Waals surface area contributed by atoms with Gasteiger partial charge in [0.2, 0.25) is 0 Å².